The van der Waals surface area contributed by atoms with E-state index >= 15 is 0 Å². The quantitative estimate of drug-likeness (QED) is 0.447. The number of allylic oxidation sites excluding steroid dienone is 3. The van der Waals surface area contributed by atoms with Gasteiger partial charge in [0.1, 0.15) is 0 Å². The van der Waals surface area contributed by atoms with Crippen LogP contribution in [0, 0.1) is 5.41 Å². The maximum absolute atomic E-state index is 3.89. The lowest BCUT2D eigenvalue weighted by molar-refractivity contribution is 0.518. The lowest BCUT2D eigenvalue weighted by Gasteiger charge is -2.19. The van der Waals surface area contributed by atoms with Crippen molar-refractivity contribution >= 4 is 6.21 Å². The highest BCUT2D eigenvalue weighted by molar-refractivity contribution is 5.73. The van der Waals surface area contributed by atoms with Crippen molar-refractivity contribution in [2.24, 2.45) is 10.4 Å². The molecule has 0 aromatic carbocycles. The van der Waals surface area contributed by atoms with Crippen LogP contribution in [-0.2, 0) is 0 Å². The number of rotatable bonds is 3. The van der Waals surface area contributed by atoms with Gasteiger partial charge >= 0.3 is 0 Å². The Labute approximate surface area is 75.2 Å². The van der Waals surface area contributed by atoms with Gasteiger partial charge in [-0.2, -0.15) is 0 Å². The zero-order chi connectivity index (χ0) is 9.61. The van der Waals surface area contributed by atoms with Gasteiger partial charge in [-0.1, -0.05) is 40.0 Å². The van der Waals surface area contributed by atoms with Gasteiger partial charge in [0.05, 0.1) is 0 Å². The molecule has 0 heterocycles. The minimum Gasteiger partial charge on any atom is -0.265 e. The van der Waals surface area contributed by atoms with Gasteiger partial charge in [0.25, 0.3) is 0 Å². The second kappa shape index (κ2) is 4.70. The van der Waals surface area contributed by atoms with Gasteiger partial charge < -0.3 is 0 Å². The van der Waals surface area contributed by atoms with Gasteiger partial charge in [-0.05, 0) is 17.1 Å². The number of hydrogen-bond donors (Lipinski definition) is 0. The summed E-state index contributed by atoms with van der Waals surface area (Å²) >= 11 is 0. The fourth-order valence-corrected chi connectivity index (χ4v) is 0.808. The van der Waals surface area contributed by atoms with E-state index in [0.29, 0.717) is 0 Å². The van der Waals surface area contributed by atoms with Crippen molar-refractivity contribution in [3.63, 3.8) is 0 Å². The summed E-state index contributed by atoms with van der Waals surface area (Å²) in [7, 11) is 0. The topological polar surface area (TPSA) is 12.4 Å². The molecule has 0 saturated heterocycles. The van der Waals surface area contributed by atoms with Gasteiger partial charge in [0, 0.05) is 12.4 Å². The highest BCUT2D eigenvalue weighted by Crippen LogP contribution is 2.24. The van der Waals surface area contributed by atoms with Gasteiger partial charge in [0.2, 0.25) is 0 Å². The Morgan fingerprint density at radius 2 is 1.83 bits per heavy atom. The van der Waals surface area contributed by atoms with Crippen LogP contribution in [0.25, 0.3) is 0 Å². The summed E-state index contributed by atoms with van der Waals surface area (Å²) in [6.45, 7) is 13.7. The minimum atomic E-state index is 0.134. The van der Waals surface area contributed by atoms with Crippen LogP contribution >= 0.6 is 0 Å². The first-order valence-electron chi connectivity index (χ1n) is 3.99. The molecule has 1 heteroatoms. The predicted molar refractivity (Wildman–Crippen MR) is 56.4 cm³/mol. The summed E-state index contributed by atoms with van der Waals surface area (Å²) in [6, 6.07) is 0. The van der Waals surface area contributed by atoms with E-state index in [-0.39, 0.29) is 5.41 Å². The Balaban J connectivity index is 4.55. The van der Waals surface area contributed by atoms with Crippen molar-refractivity contribution in [3.05, 3.63) is 37.1 Å². The van der Waals surface area contributed by atoms with E-state index in [0.717, 1.165) is 0 Å². The summed E-state index contributed by atoms with van der Waals surface area (Å²) in [5, 5.41) is 0. The molecule has 0 aliphatic rings. The molecule has 66 valence electrons. The summed E-state index contributed by atoms with van der Waals surface area (Å²) in [6.07, 6.45) is 7.05. The Hall–Kier alpha value is -1.11. The molecule has 0 radical (unpaired) electrons. The molecule has 0 bridgehead atoms. The lowest BCUT2D eigenvalue weighted by atomic mass is 9.86. The zero-order valence-electron chi connectivity index (χ0n) is 8.17. The van der Waals surface area contributed by atoms with E-state index in [1.165, 1.54) is 11.8 Å². The molecule has 0 aromatic rings. The van der Waals surface area contributed by atoms with Crippen LogP contribution in [0.4, 0.5) is 0 Å². The largest absolute Gasteiger partial charge is 0.265 e. The predicted octanol–water partition coefficient (Wildman–Crippen LogP) is 3.36. The van der Waals surface area contributed by atoms with Crippen molar-refractivity contribution in [2.45, 2.75) is 20.8 Å². The maximum atomic E-state index is 3.89. The molecular formula is C11H17N. The van der Waals surface area contributed by atoms with Gasteiger partial charge in [-0.3, -0.25) is 4.99 Å². The molecule has 12 heavy (non-hydrogen) atoms. The molecule has 0 atom stereocenters. The standard InChI is InChI=1S/C11H17N/c1-6-10(11(3,4)5)8-9-12-7-2/h6-9H,1-2H2,3-5H3/b10-8+,12-9?. The Kier molecular flexibility index (Phi) is 4.27. The summed E-state index contributed by atoms with van der Waals surface area (Å²) in [4.78, 5) is 3.89. The third-order valence-electron chi connectivity index (χ3n) is 1.53. The average molecular weight is 163 g/mol. The zero-order valence-corrected chi connectivity index (χ0v) is 8.17. The lowest BCUT2D eigenvalue weighted by Crippen LogP contribution is -2.07. The molecule has 0 aromatic heterocycles. The Morgan fingerprint density at radius 1 is 1.25 bits per heavy atom. The maximum Gasteiger partial charge on any atom is 0.0270 e. The fraction of sp³-hybridized carbons (Fsp3) is 0.364. The highest BCUT2D eigenvalue weighted by atomic mass is 14.6. The first-order chi connectivity index (χ1) is 5.52. The normalized spacial score (nSPS) is 13.4. The summed E-state index contributed by atoms with van der Waals surface area (Å²) in [5.74, 6) is 0. The van der Waals surface area contributed by atoms with Crippen molar-refractivity contribution < 1.29 is 0 Å². The molecular weight excluding hydrogens is 146 g/mol. The van der Waals surface area contributed by atoms with Crippen molar-refractivity contribution in [1.29, 1.82) is 0 Å². The fourth-order valence-electron chi connectivity index (χ4n) is 0.808. The molecule has 0 rings (SSSR count). The molecule has 0 aliphatic heterocycles. The molecule has 1 nitrogen and oxygen atoms in total. The van der Waals surface area contributed by atoms with Crippen LogP contribution in [0.15, 0.2) is 42.1 Å². The second-order valence-corrected chi connectivity index (χ2v) is 3.56. The van der Waals surface area contributed by atoms with E-state index in [2.05, 4.69) is 38.9 Å². The Bertz CT molecular complexity index is 214. The number of nitrogens with zero attached hydrogens (tertiary/aromatic N) is 1. The molecule has 0 fully saturated rings. The Morgan fingerprint density at radius 3 is 2.17 bits per heavy atom. The molecule has 0 amide bonds. The van der Waals surface area contributed by atoms with Crippen LogP contribution in [0.2, 0.25) is 0 Å². The monoisotopic (exact) mass is 163 g/mol. The third kappa shape index (κ3) is 3.91. The number of aliphatic imine (C=N–C) groups is 1. The van der Waals surface area contributed by atoms with Crippen molar-refractivity contribution in [3.8, 4) is 0 Å². The van der Waals surface area contributed by atoms with Gasteiger partial charge in [-0.25, -0.2) is 0 Å². The van der Waals surface area contributed by atoms with E-state index in [1.54, 1.807) is 6.21 Å². The smallest absolute Gasteiger partial charge is 0.0270 e. The van der Waals surface area contributed by atoms with Crippen molar-refractivity contribution in [2.75, 3.05) is 0 Å². The van der Waals surface area contributed by atoms with E-state index < -0.39 is 0 Å². The molecule has 0 aliphatic carbocycles. The minimum absolute atomic E-state index is 0.134. The molecule has 0 unspecified atom stereocenters. The van der Waals surface area contributed by atoms with E-state index in [9.17, 15) is 0 Å². The van der Waals surface area contributed by atoms with Crippen LogP contribution < -0.4 is 0 Å². The summed E-state index contributed by atoms with van der Waals surface area (Å²) < 4.78 is 0. The molecule has 0 saturated carbocycles. The van der Waals surface area contributed by atoms with E-state index in [1.807, 2.05) is 12.2 Å². The SMILES string of the molecule is C=CN=C/C=C(\C=C)C(C)(C)C. The van der Waals surface area contributed by atoms with Gasteiger partial charge in [-0.15, -0.1) is 0 Å². The highest BCUT2D eigenvalue weighted by Gasteiger charge is 2.12. The van der Waals surface area contributed by atoms with Crippen LogP contribution in [0.1, 0.15) is 20.8 Å². The average Bonchev–Trinajstić information content (AvgIpc) is 1.95. The third-order valence-corrected chi connectivity index (χ3v) is 1.53. The van der Waals surface area contributed by atoms with Crippen LogP contribution in [0.5, 0.6) is 0 Å². The summed E-state index contributed by atoms with van der Waals surface area (Å²) in [5.41, 5.74) is 1.31. The molecule has 0 spiro atoms. The van der Waals surface area contributed by atoms with Crippen LogP contribution in [0.3, 0.4) is 0 Å². The molecule has 0 N–H and O–H groups in total. The van der Waals surface area contributed by atoms with E-state index in [4.69, 9.17) is 0 Å². The first kappa shape index (κ1) is 10.9. The second-order valence-electron chi connectivity index (χ2n) is 3.56. The van der Waals surface area contributed by atoms with Crippen LogP contribution in [-0.4, -0.2) is 6.21 Å². The van der Waals surface area contributed by atoms with Gasteiger partial charge in [0.15, 0.2) is 0 Å². The number of hydrogen-bond acceptors (Lipinski definition) is 1. The first-order valence-corrected chi connectivity index (χ1v) is 3.99. The van der Waals surface area contributed by atoms with Crippen molar-refractivity contribution in [1.82, 2.24) is 0 Å².